The molecular weight excluding hydrogens is 176 g/mol. The highest BCUT2D eigenvalue weighted by molar-refractivity contribution is 5.98. The van der Waals surface area contributed by atoms with Crippen molar-refractivity contribution in [1.82, 2.24) is 0 Å². The molecule has 14 heavy (non-hydrogen) atoms. The van der Waals surface area contributed by atoms with Crippen LogP contribution in [-0.4, -0.2) is 19.0 Å². The minimum atomic E-state index is -0.277. The van der Waals surface area contributed by atoms with Gasteiger partial charge in [0, 0.05) is 7.11 Å². The fourth-order valence-corrected chi connectivity index (χ4v) is 1.78. The molecular formula is C12H20O2. The van der Waals surface area contributed by atoms with Gasteiger partial charge in [-0.2, -0.15) is 0 Å². The molecule has 0 N–H and O–H groups in total. The first kappa shape index (κ1) is 11.4. The van der Waals surface area contributed by atoms with E-state index in [4.69, 9.17) is 4.74 Å². The second-order valence-corrected chi connectivity index (χ2v) is 3.92. The third-order valence-electron chi connectivity index (χ3n) is 2.83. The smallest absolute Gasteiger partial charge is 0.186 e. The highest BCUT2D eigenvalue weighted by atomic mass is 16.5. The van der Waals surface area contributed by atoms with Crippen molar-refractivity contribution in [1.29, 1.82) is 0 Å². The van der Waals surface area contributed by atoms with Gasteiger partial charge < -0.3 is 4.74 Å². The molecule has 0 radical (unpaired) electrons. The Morgan fingerprint density at radius 2 is 2.07 bits per heavy atom. The van der Waals surface area contributed by atoms with Gasteiger partial charge in [-0.15, -0.1) is 0 Å². The van der Waals surface area contributed by atoms with Gasteiger partial charge in [-0.05, 0) is 38.2 Å². The van der Waals surface area contributed by atoms with Crippen LogP contribution in [-0.2, 0) is 9.53 Å². The monoisotopic (exact) mass is 196 g/mol. The van der Waals surface area contributed by atoms with E-state index < -0.39 is 0 Å². The molecule has 80 valence electrons. The highest BCUT2D eigenvalue weighted by Crippen LogP contribution is 2.19. The first-order chi connectivity index (χ1) is 6.75. The van der Waals surface area contributed by atoms with Gasteiger partial charge in [-0.3, -0.25) is 4.79 Å². The van der Waals surface area contributed by atoms with E-state index in [0.717, 1.165) is 24.8 Å². The van der Waals surface area contributed by atoms with Crippen LogP contribution in [0.1, 0.15) is 45.4 Å². The Morgan fingerprint density at radius 3 is 2.79 bits per heavy atom. The van der Waals surface area contributed by atoms with Crippen molar-refractivity contribution >= 4 is 5.78 Å². The largest absolute Gasteiger partial charge is 0.374 e. The van der Waals surface area contributed by atoms with Gasteiger partial charge in [-0.1, -0.05) is 18.9 Å². The summed E-state index contributed by atoms with van der Waals surface area (Å²) in [6.45, 7) is 1.82. The molecule has 0 spiro atoms. The third kappa shape index (κ3) is 3.26. The van der Waals surface area contributed by atoms with Crippen LogP contribution < -0.4 is 0 Å². The number of rotatable bonds is 3. The fourth-order valence-electron chi connectivity index (χ4n) is 1.78. The maximum absolute atomic E-state index is 11.8. The van der Waals surface area contributed by atoms with Gasteiger partial charge in [0.25, 0.3) is 0 Å². The van der Waals surface area contributed by atoms with Crippen LogP contribution in [0.15, 0.2) is 11.6 Å². The molecule has 0 fully saturated rings. The molecule has 0 aromatic heterocycles. The predicted octanol–water partition coefficient (Wildman–Crippen LogP) is 2.87. The Labute approximate surface area is 86.3 Å². The SMILES string of the molecule is COC(C)C(=O)C1=CCCCCCC1. The first-order valence-electron chi connectivity index (χ1n) is 5.51. The molecule has 2 heteroatoms. The first-order valence-corrected chi connectivity index (χ1v) is 5.51. The molecule has 1 rings (SSSR count). The van der Waals surface area contributed by atoms with Gasteiger partial charge in [0.2, 0.25) is 0 Å². The summed E-state index contributed by atoms with van der Waals surface area (Å²) in [4.78, 5) is 11.8. The second kappa shape index (κ2) is 5.97. The predicted molar refractivity (Wildman–Crippen MR) is 57.3 cm³/mol. The van der Waals surface area contributed by atoms with Crippen LogP contribution in [0.5, 0.6) is 0 Å². The van der Waals surface area contributed by atoms with Gasteiger partial charge in [0.15, 0.2) is 5.78 Å². The summed E-state index contributed by atoms with van der Waals surface area (Å²) in [7, 11) is 1.59. The number of hydrogen-bond acceptors (Lipinski definition) is 2. The van der Waals surface area contributed by atoms with Gasteiger partial charge in [0.05, 0.1) is 0 Å². The van der Waals surface area contributed by atoms with Crippen molar-refractivity contribution in [3.05, 3.63) is 11.6 Å². The van der Waals surface area contributed by atoms with Crippen molar-refractivity contribution < 1.29 is 9.53 Å². The lowest BCUT2D eigenvalue weighted by atomic mass is 9.95. The minimum Gasteiger partial charge on any atom is -0.374 e. The number of carbonyl (C=O) groups is 1. The number of methoxy groups -OCH3 is 1. The number of carbonyl (C=O) groups excluding carboxylic acids is 1. The van der Waals surface area contributed by atoms with Crippen molar-refractivity contribution in [2.75, 3.05) is 7.11 Å². The molecule has 1 unspecified atom stereocenters. The van der Waals surface area contributed by atoms with E-state index in [0.29, 0.717) is 0 Å². The summed E-state index contributed by atoms with van der Waals surface area (Å²) in [5.41, 5.74) is 0.985. The van der Waals surface area contributed by atoms with E-state index in [9.17, 15) is 4.79 Å². The maximum Gasteiger partial charge on any atom is 0.186 e. The molecule has 0 aliphatic heterocycles. The van der Waals surface area contributed by atoms with E-state index in [1.54, 1.807) is 7.11 Å². The Morgan fingerprint density at radius 1 is 1.36 bits per heavy atom. The van der Waals surface area contributed by atoms with E-state index in [-0.39, 0.29) is 11.9 Å². The molecule has 1 atom stereocenters. The summed E-state index contributed by atoms with van der Waals surface area (Å²) in [6.07, 6.45) is 8.75. The summed E-state index contributed by atoms with van der Waals surface area (Å²) in [5.74, 6) is 0.175. The van der Waals surface area contributed by atoms with Crippen LogP contribution in [0.4, 0.5) is 0 Å². The van der Waals surface area contributed by atoms with Crippen LogP contribution in [0.3, 0.4) is 0 Å². The molecule has 0 heterocycles. The lowest BCUT2D eigenvalue weighted by Crippen LogP contribution is -2.21. The van der Waals surface area contributed by atoms with Crippen molar-refractivity contribution in [3.63, 3.8) is 0 Å². The number of Topliss-reactive ketones (excluding diaryl/α,β-unsaturated/α-hetero) is 1. The number of hydrogen-bond donors (Lipinski definition) is 0. The fraction of sp³-hybridized carbons (Fsp3) is 0.750. The summed E-state index contributed by atoms with van der Waals surface area (Å²) in [5, 5.41) is 0. The lowest BCUT2D eigenvalue weighted by molar-refractivity contribution is -0.124. The zero-order chi connectivity index (χ0) is 10.4. The zero-order valence-electron chi connectivity index (χ0n) is 9.21. The second-order valence-electron chi connectivity index (χ2n) is 3.92. The van der Waals surface area contributed by atoms with Crippen LogP contribution in [0.25, 0.3) is 0 Å². The molecule has 0 bridgehead atoms. The molecule has 0 aromatic carbocycles. The molecule has 0 aromatic rings. The summed E-state index contributed by atoms with van der Waals surface area (Å²) >= 11 is 0. The molecule has 1 aliphatic rings. The average Bonchev–Trinajstić information content (AvgIpc) is 2.15. The van der Waals surface area contributed by atoms with E-state index in [1.165, 1.54) is 19.3 Å². The number of ether oxygens (including phenoxy) is 1. The topological polar surface area (TPSA) is 26.3 Å². The lowest BCUT2D eigenvalue weighted by Gasteiger charge is -2.13. The third-order valence-corrected chi connectivity index (χ3v) is 2.83. The molecule has 0 saturated heterocycles. The molecule has 0 amide bonds. The average molecular weight is 196 g/mol. The van der Waals surface area contributed by atoms with Crippen LogP contribution in [0, 0.1) is 0 Å². The normalized spacial score (nSPS) is 20.6. The Kier molecular flexibility index (Phi) is 4.88. The minimum absolute atomic E-state index is 0.175. The van der Waals surface area contributed by atoms with Crippen molar-refractivity contribution in [2.24, 2.45) is 0 Å². The summed E-state index contributed by atoms with van der Waals surface area (Å²) in [6, 6.07) is 0. The Bertz CT molecular complexity index is 218. The van der Waals surface area contributed by atoms with Crippen LogP contribution >= 0.6 is 0 Å². The van der Waals surface area contributed by atoms with E-state index >= 15 is 0 Å². The molecule has 2 nitrogen and oxygen atoms in total. The van der Waals surface area contributed by atoms with Crippen LogP contribution in [0.2, 0.25) is 0 Å². The Balaban J connectivity index is 2.58. The number of allylic oxidation sites excluding steroid dienone is 1. The van der Waals surface area contributed by atoms with Gasteiger partial charge >= 0.3 is 0 Å². The van der Waals surface area contributed by atoms with Crippen molar-refractivity contribution in [2.45, 2.75) is 51.6 Å². The highest BCUT2D eigenvalue weighted by Gasteiger charge is 2.17. The standard InChI is InChI=1S/C12H20O2/c1-10(14-2)12(13)11-8-6-4-3-5-7-9-11/h8,10H,3-7,9H2,1-2H3. The zero-order valence-corrected chi connectivity index (χ0v) is 9.21. The van der Waals surface area contributed by atoms with Crippen molar-refractivity contribution in [3.8, 4) is 0 Å². The van der Waals surface area contributed by atoms with Gasteiger partial charge in [-0.25, -0.2) is 0 Å². The quantitative estimate of drug-likeness (QED) is 0.693. The van der Waals surface area contributed by atoms with E-state index in [2.05, 4.69) is 6.08 Å². The molecule has 0 saturated carbocycles. The molecule has 1 aliphatic carbocycles. The van der Waals surface area contributed by atoms with Gasteiger partial charge in [0.1, 0.15) is 6.10 Å². The summed E-state index contributed by atoms with van der Waals surface area (Å²) < 4.78 is 5.05. The number of ketones is 1. The maximum atomic E-state index is 11.8. The Hall–Kier alpha value is -0.630. The van der Waals surface area contributed by atoms with E-state index in [1.807, 2.05) is 6.92 Å².